The summed E-state index contributed by atoms with van der Waals surface area (Å²) in [7, 11) is 0. The molecular formula is C21H23N3OS. The predicted octanol–water partition coefficient (Wildman–Crippen LogP) is 5.57. The summed E-state index contributed by atoms with van der Waals surface area (Å²) >= 11 is 1.54. The van der Waals surface area contributed by atoms with E-state index >= 15 is 0 Å². The van der Waals surface area contributed by atoms with Crippen LogP contribution in [0.4, 0.5) is 5.13 Å². The first kappa shape index (κ1) is 18.3. The number of rotatable bonds is 9. The van der Waals surface area contributed by atoms with Crippen LogP contribution in [0.1, 0.15) is 30.9 Å². The second-order valence-electron chi connectivity index (χ2n) is 5.88. The molecule has 0 unspecified atom stereocenters. The van der Waals surface area contributed by atoms with Crippen molar-refractivity contribution in [1.82, 2.24) is 4.98 Å². The highest BCUT2D eigenvalue weighted by atomic mass is 32.1. The highest BCUT2D eigenvalue weighted by Crippen LogP contribution is 2.24. The summed E-state index contributed by atoms with van der Waals surface area (Å²) in [5.41, 5.74) is 7.28. The minimum atomic E-state index is 0.609. The summed E-state index contributed by atoms with van der Waals surface area (Å²) in [5, 5.41) is 7.15. The molecular weight excluding hydrogens is 342 g/mol. The molecule has 0 saturated heterocycles. The van der Waals surface area contributed by atoms with Crippen LogP contribution in [0.3, 0.4) is 0 Å². The van der Waals surface area contributed by atoms with Crippen LogP contribution in [0.5, 0.6) is 0 Å². The minimum absolute atomic E-state index is 0.609. The second kappa shape index (κ2) is 9.85. The van der Waals surface area contributed by atoms with Crippen molar-refractivity contribution in [1.29, 1.82) is 0 Å². The van der Waals surface area contributed by atoms with Crippen molar-refractivity contribution in [2.24, 2.45) is 5.10 Å². The summed E-state index contributed by atoms with van der Waals surface area (Å²) in [6, 6.07) is 18.3. The van der Waals surface area contributed by atoms with Crippen molar-refractivity contribution in [3.8, 4) is 11.3 Å². The Bertz CT molecular complexity index is 830. The van der Waals surface area contributed by atoms with Gasteiger partial charge >= 0.3 is 0 Å². The van der Waals surface area contributed by atoms with Gasteiger partial charge in [0.15, 0.2) is 0 Å². The molecule has 26 heavy (non-hydrogen) atoms. The van der Waals surface area contributed by atoms with Gasteiger partial charge in [0.05, 0.1) is 18.5 Å². The van der Waals surface area contributed by atoms with Crippen molar-refractivity contribution in [2.75, 3.05) is 12.0 Å². The summed E-state index contributed by atoms with van der Waals surface area (Å²) in [6.45, 7) is 3.57. The molecule has 3 aromatic rings. The van der Waals surface area contributed by atoms with Crippen LogP contribution in [0.25, 0.3) is 11.3 Å². The van der Waals surface area contributed by atoms with Gasteiger partial charge in [-0.3, -0.25) is 5.43 Å². The van der Waals surface area contributed by atoms with Gasteiger partial charge in [-0.1, -0.05) is 67.9 Å². The smallest absolute Gasteiger partial charge is 0.203 e. The number of nitrogens with one attached hydrogen (secondary N) is 1. The molecule has 0 spiro atoms. The van der Waals surface area contributed by atoms with Crippen LogP contribution < -0.4 is 5.43 Å². The van der Waals surface area contributed by atoms with Gasteiger partial charge in [0, 0.05) is 23.1 Å². The van der Waals surface area contributed by atoms with Crippen LogP contribution in [-0.4, -0.2) is 17.8 Å². The van der Waals surface area contributed by atoms with Gasteiger partial charge in [-0.05, 0) is 12.0 Å². The van der Waals surface area contributed by atoms with Crippen LogP contribution in [-0.2, 0) is 11.3 Å². The Labute approximate surface area is 158 Å². The lowest BCUT2D eigenvalue weighted by molar-refractivity contribution is 0.118. The Morgan fingerprint density at radius 1 is 1.12 bits per heavy atom. The number of thiazole rings is 1. The van der Waals surface area contributed by atoms with Gasteiger partial charge in [0.25, 0.3) is 0 Å². The Balaban J connectivity index is 1.60. The molecule has 0 amide bonds. The number of ether oxygens (including phenoxy) is 1. The van der Waals surface area contributed by atoms with Gasteiger partial charge in [-0.25, -0.2) is 4.98 Å². The normalized spacial score (nSPS) is 11.1. The lowest BCUT2D eigenvalue weighted by Gasteiger charge is -2.06. The molecule has 134 valence electrons. The zero-order valence-corrected chi connectivity index (χ0v) is 15.7. The number of benzene rings is 2. The van der Waals surface area contributed by atoms with Crippen LogP contribution >= 0.6 is 11.3 Å². The number of hydrogen-bond acceptors (Lipinski definition) is 5. The van der Waals surface area contributed by atoms with Gasteiger partial charge in [0.2, 0.25) is 5.13 Å². The van der Waals surface area contributed by atoms with Crippen molar-refractivity contribution < 1.29 is 4.74 Å². The van der Waals surface area contributed by atoms with E-state index in [0.717, 1.165) is 47.0 Å². The van der Waals surface area contributed by atoms with Crippen molar-refractivity contribution in [3.05, 3.63) is 71.1 Å². The van der Waals surface area contributed by atoms with E-state index in [1.807, 2.05) is 48.0 Å². The standard InChI is InChI=1S/C21H23N3OS/c1-2-3-13-25-15-19-12-8-7-11-18(19)14-22-24-21-23-20(16-26-21)17-9-5-4-6-10-17/h4-12,14,16H,2-3,13,15H2,1H3,(H,23,24). The fraction of sp³-hybridized carbons (Fsp3) is 0.238. The lowest BCUT2D eigenvalue weighted by atomic mass is 10.1. The number of anilines is 1. The molecule has 4 nitrogen and oxygen atoms in total. The molecule has 3 rings (SSSR count). The molecule has 0 aliphatic carbocycles. The predicted molar refractivity (Wildman–Crippen MR) is 110 cm³/mol. The quantitative estimate of drug-likeness (QED) is 0.306. The van der Waals surface area contributed by atoms with E-state index in [1.165, 1.54) is 0 Å². The van der Waals surface area contributed by atoms with Crippen LogP contribution in [0, 0.1) is 0 Å². The molecule has 1 aromatic heterocycles. The zero-order chi connectivity index (χ0) is 18.0. The Hall–Kier alpha value is -2.50. The maximum Gasteiger partial charge on any atom is 0.203 e. The molecule has 0 aliphatic heterocycles. The van der Waals surface area contributed by atoms with E-state index in [4.69, 9.17) is 4.74 Å². The molecule has 1 N–H and O–H groups in total. The third-order valence-corrected chi connectivity index (χ3v) is 4.64. The van der Waals surface area contributed by atoms with E-state index in [-0.39, 0.29) is 0 Å². The summed E-state index contributed by atoms with van der Waals surface area (Å²) in [5.74, 6) is 0. The molecule has 0 atom stereocenters. The first-order chi connectivity index (χ1) is 12.9. The SMILES string of the molecule is CCCCOCc1ccccc1C=NNc1nc(-c2ccccc2)cs1. The van der Waals surface area contributed by atoms with Crippen molar-refractivity contribution >= 4 is 22.7 Å². The fourth-order valence-corrected chi connectivity index (χ4v) is 3.11. The van der Waals surface area contributed by atoms with Gasteiger partial charge < -0.3 is 4.74 Å². The highest BCUT2D eigenvalue weighted by molar-refractivity contribution is 7.14. The summed E-state index contributed by atoms with van der Waals surface area (Å²) in [4.78, 5) is 4.57. The summed E-state index contributed by atoms with van der Waals surface area (Å²) < 4.78 is 5.73. The number of nitrogens with zero attached hydrogens (tertiary/aromatic N) is 2. The Morgan fingerprint density at radius 2 is 1.92 bits per heavy atom. The Kier molecular flexibility index (Phi) is 6.93. The van der Waals surface area contributed by atoms with E-state index in [9.17, 15) is 0 Å². The average Bonchev–Trinajstić information content (AvgIpc) is 3.16. The van der Waals surface area contributed by atoms with Crippen LogP contribution in [0.15, 0.2) is 65.1 Å². The topological polar surface area (TPSA) is 46.5 Å². The highest BCUT2D eigenvalue weighted by Gasteiger charge is 2.03. The minimum Gasteiger partial charge on any atom is -0.377 e. The Morgan fingerprint density at radius 3 is 2.77 bits per heavy atom. The van der Waals surface area contributed by atoms with E-state index in [2.05, 4.69) is 40.6 Å². The molecule has 0 fully saturated rings. The molecule has 0 bridgehead atoms. The van der Waals surface area contributed by atoms with E-state index < -0.39 is 0 Å². The van der Waals surface area contributed by atoms with Gasteiger partial charge in [-0.2, -0.15) is 5.10 Å². The zero-order valence-electron chi connectivity index (χ0n) is 14.9. The molecule has 1 heterocycles. The van der Waals surface area contributed by atoms with Gasteiger partial charge in [0.1, 0.15) is 0 Å². The third-order valence-electron chi connectivity index (χ3n) is 3.89. The molecule has 5 heteroatoms. The van der Waals surface area contributed by atoms with Crippen molar-refractivity contribution in [2.45, 2.75) is 26.4 Å². The lowest BCUT2D eigenvalue weighted by Crippen LogP contribution is -1.99. The largest absolute Gasteiger partial charge is 0.377 e. The third kappa shape index (κ3) is 5.25. The maximum atomic E-state index is 5.73. The molecule has 0 aliphatic rings. The monoisotopic (exact) mass is 365 g/mol. The fourth-order valence-electron chi connectivity index (χ4n) is 2.44. The molecule has 0 saturated carbocycles. The van der Waals surface area contributed by atoms with Crippen LogP contribution in [0.2, 0.25) is 0 Å². The number of unbranched alkanes of at least 4 members (excludes halogenated alkanes) is 1. The number of aromatic nitrogens is 1. The first-order valence-electron chi connectivity index (χ1n) is 8.82. The second-order valence-corrected chi connectivity index (χ2v) is 6.74. The van der Waals surface area contributed by atoms with E-state index in [1.54, 1.807) is 11.3 Å². The first-order valence-corrected chi connectivity index (χ1v) is 9.70. The maximum absolute atomic E-state index is 5.73. The summed E-state index contributed by atoms with van der Waals surface area (Å²) in [6.07, 6.45) is 4.06. The molecule has 0 radical (unpaired) electrons. The van der Waals surface area contributed by atoms with Gasteiger partial charge in [-0.15, -0.1) is 11.3 Å². The number of hydrogen-bond donors (Lipinski definition) is 1. The van der Waals surface area contributed by atoms with Crippen molar-refractivity contribution in [3.63, 3.8) is 0 Å². The average molecular weight is 366 g/mol. The number of hydrazone groups is 1. The van der Waals surface area contributed by atoms with E-state index in [0.29, 0.717) is 6.61 Å². The molecule has 2 aromatic carbocycles.